The Morgan fingerprint density at radius 3 is 2.73 bits per heavy atom. The zero-order valence-electron chi connectivity index (χ0n) is 9.79. The fourth-order valence-electron chi connectivity index (χ4n) is 1.67. The molecule has 0 amide bonds. The molecule has 0 aliphatic heterocycles. The van der Waals surface area contributed by atoms with Crippen molar-refractivity contribution in [2.75, 3.05) is 25.7 Å². The monoisotopic (exact) mass is 231 g/mol. The highest BCUT2D eigenvalue weighted by Gasteiger charge is 2.36. The summed E-state index contributed by atoms with van der Waals surface area (Å²) >= 11 is 1.84. The van der Waals surface area contributed by atoms with Gasteiger partial charge in [-0.15, -0.1) is 0 Å². The molecule has 1 saturated carbocycles. The van der Waals surface area contributed by atoms with Crippen LogP contribution in [0.3, 0.4) is 0 Å². The summed E-state index contributed by atoms with van der Waals surface area (Å²) in [5.41, 5.74) is 0. The molecular formula is C11H21NO2S. The fraction of sp³-hybridized carbons (Fsp3) is 0.909. The number of esters is 1. The van der Waals surface area contributed by atoms with Gasteiger partial charge in [0.05, 0.1) is 7.11 Å². The van der Waals surface area contributed by atoms with Gasteiger partial charge in [0.1, 0.15) is 6.04 Å². The molecule has 0 aromatic carbocycles. The van der Waals surface area contributed by atoms with Crippen LogP contribution in [0.2, 0.25) is 0 Å². The Bertz CT molecular complexity index is 207. The molecule has 3 nitrogen and oxygen atoms in total. The van der Waals surface area contributed by atoms with Gasteiger partial charge in [-0.25, -0.2) is 0 Å². The normalized spacial score (nSPS) is 19.7. The summed E-state index contributed by atoms with van der Waals surface area (Å²) in [6, 6.07) is -0.0701. The van der Waals surface area contributed by atoms with Gasteiger partial charge < -0.3 is 10.1 Å². The van der Waals surface area contributed by atoms with E-state index in [0.29, 0.717) is 11.8 Å². The van der Waals surface area contributed by atoms with Crippen LogP contribution in [0.4, 0.5) is 0 Å². The van der Waals surface area contributed by atoms with E-state index in [1.807, 2.05) is 11.8 Å². The van der Waals surface area contributed by atoms with Crippen molar-refractivity contribution in [3.63, 3.8) is 0 Å². The summed E-state index contributed by atoms with van der Waals surface area (Å²) in [6.45, 7) is 3.10. The van der Waals surface area contributed by atoms with Gasteiger partial charge >= 0.3 is 5.97 Å². The van der Waals surface area contributed by atoms with Crippen LogP contribution >= 0.6 is 11.8 Å². The number of thioether (sulfide) groups is 1. The van der Waals surface area contributed by atoms with E-state index < -0.39 is 0 Å². The summed E-state index contributed by atoms with van der Waals surface area (Å²) < 4.78 is 4.80. The first-order valence-electron chi connectivity index (χ1n) is 5.49. The lowest BCUT2D eigenvalue weighted by Crippen LogP contribution is -2.41. The second-order valence-electron chi connectivity index (χ2n) is 4.31. The number of rotatable bonds is 7. The number of carbonyl (C=O) groups is 1. The average molecular weight is 231 g/mol. The SMILES string of the molecule is COC(=O)C(NCC(C)CSC)C1CC1. The third-order valence-corrected chi connectivity index (χ3v) is 3.59. The lowest BCUT2D eigenvalue weighted by atomic mass is 10.1. The summed E-state index contributed by atoms with van der Waals surface area (Å²) in [5.74, 6) is 2.14. The van der Waals surface area contributed by atoms with Crippen molar-refractivity contribution in [2.45, 2.75) is 25.8 Å². The van der Waals surface area contributed by atoms with Crippen molar-refractivity contribution >= 4 is 17.7 Å². The van der Waals surface area contributed by atoms with E-state index in [2.05, 4.69) is 18.5 Å². The topological polar surface area (TPSA) is 38.3 Å². The molecule has 88 valence electrons. The van der Waals surface area contributed by atoms with E-state index in [0.717, 1.165) is 25.1 Å². The van der Waals surface area contributed by atoms with Crippen molar-refractivity contribution in [1.29, 1.82) is 0 Å². The van der Waals surface area contributed by atoms with E-state index >= 15 is 0 Å². The number of ether oxygens (including phenoxy) is 1. The van der Waals surface area contributed by atoms with Gasteiger partial charge in [0.2, 0.25) is 0 Å². The molecule has 15 heavy (non-hydrogen) atoms. The minimum Gasteiger partial charge on any atom is -0.468 e. The van der Waals surface area contributed by atoms with Gasteiger partial charge in [0.15, 0.2) is 0 Å². The molecule has 0 saturated heterocycles. The highest BCUT2D eigenvalue weighted by Crippen LogP contribution is 2.33. The summed E-state index contributed by atoms with van der Waals surface area (Å²) in [4.78, 5) is 11.5. The highest BCUT2D eigenvalue weighted by atomic mass is 32.2. The molecular weight excluding hydrogens is 210 g/mol. The van der Waals surface area contributed by atoms with E-state index in [-0.39, 0.29) is 12.0 Å². The molecule has 2 unspecified atom stereocenters. The Kier molecular flexibility index (Phi) is 5.47. The number of hydrogen-bond donors (Lipinski definition) is 1. The molecule has 4 heteroatoms. The number of carbonyl (C=O) groups excluding carboxylic acids is 1. The van der Waals surface area contributed by atoms with Gasteiger partial charge in [-0.2, -0.15) is 11.8 Å². The molecule has 1 fully saturated rings. The Morgan fingerprint density at radius 1 is 1.60 bits per heavy atom. The summed E-state index contributed by atoms with van der Waals surface area (Å²) in [7, 11) is 1.46. The van der Waals surface area contributed by atoms with Crippen LogP contribution in [0.5, 0.6) is 0 Å². The van der Waals surface area contributed by atoms with E-state index in [4.69, 9.17) is 4.74 Å². The van der Waals surface area contributed by atoms with Crippen LogP contribution < -0.4 is 5.32 Å². The molecule has 2 atom stereocenters. The quantitative estimate of drug-likeness (QED) is 0.674. The van der Waals surface area contributed by atoms with Gasteiger partial charge in [0.25, 0.3) is 0 Å². The second kappa shape index (κ2) is 6.38. The van der Waals surface area contributed by atoms with Crippen molar-refractivity contribution in [2.24, 2.45) is 11.8 Å². The average Bonchev–Trinajstić information content (AvgIpc) is 3.02. The van der Waals surface area contributed by atoms with Gasteiger partial charge in [-0.1, -0.05) is 6.92 Å². The first-order chi connectivity index (χ1) is 7.19. The standard InChI is InChI=1S/C11H21NO2S/c1-8(7-15-3)6-12-10(9-4-5-9)11(13)14-2/h8-10,12H,4-7H2,1-3H3. The molecule has 0 bridgehead atoms. The largest absolute Gasteiger partial charge is 0.468 e. The first-order valence-corrected chi connectivity index (χ1v) is 6.88. The van der Waals surface area contributed by atoms with Crippen molar-refractivity contribution in [3.8, 4) is 0 Å². The number of methoxy groups -OCH3 is 1. The lowest BCUT2D eigenvalue weighted by Gasteiger charge is -2.18. The van der Waals surface area contributed by atoms with E-state index in [1.165, 1.54) is 7.11 Å². The molecule has 1 aliphatic carbocycles. The second-order valence-corrected chi connectivity index (χ2v) is 5.22. The van der Waals surface area contributed by atoms with Crippen molar-refractivity contribution < 1.29 is 9.53 Å². The minimum atomic E-state index is -0.103. The van der Waals surface area contributed by atoms with Crippen LogP contribution in [0.15, 0.2) is 0 Å². The van der Waals surface area contributed by atoms with Crippen LogP contribution in [0.1, 0.15) is 19.8 Å². The minimum absolute atomic E-state index is 0.0701. The summed E-state index contributed by atoms with van der Waals surface area (Å²) in [6.07, 6.45) is 4.42. The predicted molar refractivity (Wildman–Crippen MR) is 64.1 cm³/mol. The molecule has 0 aromatic rings. The van der Waals surface area contributed by atoms with Crippen LogP contribution in [-0.2, 0) is 9.53 Å². The zero-order chi connectivity index (χ0) is 11.3. The molecule has 1 aliphatic rings. The predicted octanol–water partition coefficient (Wildman–Crippen LogP) is 1.53. The molecule has 0 aromatic heterocycles. The third-order valence-electron chi connectivity index (χ3n) is 2.69. The molecule has 1 rings (SSSR count). The maximum atomic E-state index is 11.5. The van der Waals surface area contributed by atoms with Gasteiger partial charge in [-0.3, -0.25) is 4.79 Å². The van der Waals surface area contributed by atoms with Crippen molar-refractivity contribution in [3.05, 3.63) is 0 Å². The highest BCUT2D eigenvalue weighted by molar-refractivity contribution is 7.98. The third kappa shape index (κ3) is 4.43. The van der Waals surface area contributed by atoms with E-state index in [1.54, 1.807) is 0 Å². The molecule has 0 radical (unpaired) electrons. The first kappa shape index (κ1) is 12.8. The Balaban J connectivity index is 2.28. The number of hydrogen-bond acceptors (Lipinski definition) is 4. The van der Waals surface area contributed by atoms with Crippen LogP contribution in [0, 0.1) is 11.8 Å². The molecule has 1 N–H and O–H groups in total. The Labute approximate surface area is 96.3 Å². The van der Waals surface area contributed by atoms with Crippen LogP contribution in [-0.4, -0.2) is 37.7 Å². The van der Waals surface area contributed by atoms with Gasteiger partial charge in [-0.05, 0) is 43.2 Å². The Morgan fingerprint density at radius 2 is 2.27 bits per heavy atom. The zero-order valence-corrected chi connectivity index (χ0v) is 10.6. The number of nitrogens with one attached hydrogen (secondary N) is 1. The van der Waals surface area contributed by atoms with Crippen LogP contribution in [0.25, 0.3) is 0 Å². The maximum Gasteiger partial charge on any atom is 0.323 e. The smallest absolute Gasteiger partial charge is 0.323 e. The maximum absolute atomic E-state index is 11.5. The van der Waals surface area contributed by atoms with E-state index in [9.17, 15) is 4.79 Å². The van der Waals surface area contributed by atoms with Gasteiger partial charge in [0, 0.05) is 0 Å². The molecule has 0 spiro atoms. The summed E-state index contributed by atoms with van der Waals surface area (Å²) in [5, 5.41) is 3.33. The fourth-order valence-corrected chi connectivity index (χ4v) is 2.36. The van der Waals surface area contributed by atoms with Crippen molar-refractivity contribution in [1.82, 2.24) is 5.32 Å². The molecule has 0 heterocycles. The lowest BCUT2D eigenvalue weighted by molar-refractivity contribution is -0.143. The Hall–Kier alpha value is -0.220.